The summed E-state index contributed by atoms with van der Waals surface area (Å²) in [4.78, 5) is 0. The van der Waals surface area contributed by atoms with Crippen LogP contribution < -0.4 is 0 Å². The van der Waals surface area contributed by atoms with Gasteiger partial charge in [-0.15, -0.1) is 0 Å². The molecule has 4 aliphatic rings. The minimum Gasteiger partial charge on any atom is -0.314 e. The maximum atomic E-state index is 14.5. The number of allylic oxidation sites excluding steroid dienone is 8. The second kappa shape index (κ2) is 4.69. The first-order valence-electron chi connectivity index (χ1n) is 9.76. The molecule has 0 saturated carbocycles. The Hall–Kier alpha value is -0.580. The van der Waals surface area contributed by atoms with Crippen molar-refractivity contribution in [1.29, 1.82) is 0 Å². The SMILES string of the molecule is CC1=C(C)[P@]2(=O)C(C3=C(C)[C@]4(C)C(C)=C(C)[P@@]3(=O)C4C)=C(C)[C@@]1(C)C2C. The molecule has 0 amide bonds. The van der Waals surface area contributed by atoms with E-state index in [-0.39, 0.29) is 22.1 Å². The molecule has 2 nitrogen and oxygen atoms in total. The Balaban J connectivity index is 2.09. The molecule has 0 fully saturated rings. The third-order valence-corrected chi connectivity index (χ3v) is 18.1. The number of hydrogen-bond donors (Lipinski definition) is 0. The van der Waals surface area contributed by atoms with E-state index in [1.807, 2.05) is 0 Å². The van der Waals surface area contributed by atoms with Gasteiger partial charge in [0, 0.05) is 32.8 Å². The highest BCUT2D eigenvalue weighted by Gasteiger charge is 2.68. The Morgan fingerprint density at radius 3 is 1.12 bits per heavy atom. The highest BCUT2D eigenvalue weighted by atomic mass is 31.2. The van der Waals surface area contributed by atoms with Crippen LogP contribution in [0.2, 0.25) is 0 Å². The van der Waals surface area contributed by atoms with Crippen molar-refractivity contribution in [3.05, 3.63) is 43.5 Å². The lowest BCUT2D eigenvalue weighted by molar-refractivity contribution is 0.477. The van der Waals surface area contributed by atoms with Gasteiger partial charge in [-0.1, -0.05) is 50.0 Å². The molecule has 0 spiro atoms. The van der Waals surface area contributed by atoms with Crippen molar-refractivity contribution in [2.75, 3.05) is 0 Å². The zero-order valence-corrected chi connectivity index (χ0v) is 19.7. The van der Waals surface area contributed by atoms with Crippen molar-refractivity contribution in [3.8, 4) is 0 Å². The van der Waals surface area contributed by atoms with Crippen molar-refractivity contribution in [2.45, 2.75) is 80.6 Å². The lowest BCUT2D eigenvalue weighted by Gasteiger charge is -2.32. The maximum Gasteiger partial charge on any atom is 0.143 e. The summed E-state index contributed by atoms with van der Waals surface area (Å²) in [5.74, 6) is 0. The molecule has 2 unspecified atom stereocenters. The van der Waals surface area contributed by atoms with Crippen LogP contribution in [0.5, 0.6) is 0 Å². The number of fused-ring (bicyclic) bond motifs is 4. The molecule has 4 aliphatic heterocycles. The molecule has 4 rings (SSSR count). The minimum absolute atomic E-state index is 0.0886. The third-order valence-electron chi connectivity index (χ3n) is 9.56. The largest absolute Gasteiger partial charge is 0.314 e. The lowest BCUT2D eigenvalue weighted by Crippen LogP contribution is -2.24. The highest BCUT2D eigenvalue weighted by molar-refractivity contribution is 7.79. The van der Waals surface area contributed by atoms with Crippen molar-refractivity contribution >= 4 is 14.3 Å². The molecule has 6 atom stereocenters. The summed E-state index contributed by atoms with van der Waals surface area (Å²) in [7, 11) is -5.40. The lowest BCUT2D eigenvalue weighted by atomic mass is 9.72. The Morgan fingerprint density at radius 1 is 0.615 bits per heavy atom. The first-order chi connectivity index (χ1) is 11.7. The van der Waals surface area contributed by atoms with Crippen molar-refractivity contribution in [2.24, 2.45) is 10.8 Å². The van der Waals surface area contributed by atoms with Gasteiger partial charge in [-0.05, 0) is 52.2 Å². The average Bonchev–Trinajstić information content (AvgIpc) is 2.97. The summed E-state index contributed by atoms with van der Waals surface area (Å²) in [6.07, 6.45) is 0. The molecule has 0 aromatic heterocycles. The smallest absolute Gasteiger partial charge is 0.143 e. The second-order valence-corrected chi connectivity index (χ2v) is 15.9. The van der Waals surface area contributed by atoms with Crippen molar-refractivity contribution in [3.63, 3.8) is 0 Å². The average molecular weight is 390 g/mol. The van der Waals surface area contributed by atoms with E-state index in [0.29, 0.717) is 0 Å². The first kappa shape index (κ1) is 18.8. The molecular weight excluding hydrogens is 358 g/mol. The van der Waals surface area contributed by atoms with Crippen LogP contribution in [0.1, 0.15) is 69.2 Å². The first-order valence-corrected chi connectivity index (χ1v) is 13.3. The standard InChI is InChI=1S/C22H32O2P2/c1-11-15(5)25(23)17(7)21(11,9)13(3)19(25)20-14(4)22(10)12(2)16(6)26(20,24)18(22)8/h17-18H,1-10H3/t17?,18?,21-,22-,25+,26+/m0/s1. The number of rotatable bonds is 1. The molecule has 0 aromatic rings. The third kappa shape index (κ3) is 1.41. The molecule has 26 heavy (non-hydrogen) atoms. The van der Waals surface area contributed by atoms with E-state index in [2.05, 4.69) is 69.2 Å². The van der Waals surface area contributed by atoms with Gasteiger partial charge in [0.1, 0.15) is 14.3 Å². The van der Waals surface area contributed by atoms with E-state index in [4.69, 9.17) is 0 Å². The van der Waals surface area contributed by atoms with Gasteiger partial charge in [0.2, 0.25) is 0 Å². The Bertz CT molecular complexity index is 937. The summed E-state index contributed by atoms with van der Waals surface area (Å²) in [6.45, 7) is 21.5. The van der Waals surface area contributed by atoms with Crippen molar-refractivity contribution < 1.29 is 9.13 Å². The molecule has 0 aliphatic carbocycles. The summed E-state index contributed by atoms with van der Waals surface area (Å²) in [6, 6.07) is 0. The van der Waals surface area contributed by atoms with Crippen LogP contribution in [0, 0.1) is 10.8 Å². The van der Waals surface area contributed by atoms with E-state index in [0.717, 1.165) is 21.3 Å². The molecular formula is C22H32O2P2. The normalized spacial score (nSPS) is 50.2. The molecule has 0 radical (unpaired) electrons. The van der Waals surface area contributed by atoms with Crippen LogP contribution in [-0.2, 0) is 9.13 Å². The minimum atomic E-state index is -2.70. The van der Waals surface area contributed by atoms with E-state index in [1.165, 1.54) is 22.3 Å². The van der Waals surface area contributed by atoms with Crippen LogP contribution in [0.4, 0.5) is 0 Å². The maximum absolute atomic E-state index is 14.5. The number of hydrogen-bond acceptors (Lipinski definition) is 2. The van der Waals surface area contributed by atoms with Crippen LogP contribution in [-0.4, -0.2) is 11.3 Å². The van der Waals surface area contributed by atoms with Gasteiger partial charge < -0.3 is 9.13 Å². The molecule has 142 valence electrons. The molecule has 4 heterocycles. The molecule has 0 saturated heterocycles. The zero-order valence-electron chi connectivity index (χ0n) is 17.9. The topological polar surface area (TPSA) is 34.1 Å². The van der Waals surface area contributed by atoms with Gasteiger partial charge in [0.05, 0.1) is 0 Å². The van der Waals surface area contributed by atoms with Crippen LogP contribution >= 0.6 is 14.3 Å². The van der Waals surface area contributed by atoms with E-state index < -0.39 is 14.3 Å². The summed E-state index contributed by atoms with van der Waals surface area (Å²) in [5.41, 5.74) is 4.86. The zero-order chi connectivity index (χ0) is 19.8. The Kier molecular flexibility index (Phi) is 3.39. The summed E-state index contributed by atoms with van der Waals surface area (Å²) >= 11 is 0. The quantitative estimate of drug-likeness (QED) is 0.430. The van der Waals surface area contributed by atoms with Crippen LogP contribution in [0.25, 0.3) is 0 Å². The van der Waals surface area contributed by atoms with Crippen LogP contribution in [0.15, 0.2) is 43.5 Å². The Labute approximate surface area is 158 Å². The van der Waals surface area contributed by atoms with Gasteiger partial charge in [-0.25, -0.2) is 0 Å². The monoisotopic (exact) mass is 390 g/mol. The van der Waals surface area contributed by atoms with Gasteiger partial charge in [0.15, 0.2) is 0 Å². The van der Waals surface area contributed by atoms with E-state index in [1.54, 1.807) is 0 Å². The fraction of sp³-hybridized carbons (Fsp3) is 0.636. The van der Waals surface area contributed by atoms with Gasteiger partial charge in [-0.3, -0.25) is 0 Å². The molecule has 4 heteroatoms. The molecule has 0 aromatic carbocycles. The second-order valence-electron chi connectivity index (χ2n) is 9.44. The van der Waals surface area contributed by atoms with Crippen molar-refractivity contribution in [1.82, 2.24) is 0 Å². The highest BCUT2D eigenvalue weighted by Crippen LogP contribution is 2.91. The van der Waals surface area contributed by atoms with Gasteiger partial charge in [0.25, 0.3) is 0 Å². The van der Waals surface area contributed by atoms with E-state index >= 15 is 0 Å². The summed E-state index contributed by atoms with van der Waals surface area (Å²) in [5, 5.41) is 4.14. The molecule has 4 bridgehead atoms. The predicted octanol–water partition coefficient (Wildman–Crippen LogP) is 7.69. The fourth-order valence-corrected chi connectivity index (χ4v) is 16.4. The fourth-order valence-electron chi connectivity index (χ4n) is 6.76. The van der Waals surface area contributed by atoms with Gasteiger partial charge >= 0.3 is 0 Å². The summed E-state index contributed by atoms with van der Waals surface area (Å²) < 4.78 is 29.0. The molecule has 0 N–H and O–H groups in total. The Morgan fingerprint density at radius 2 is 0.885 bits per heavy atom. The van der Waals surface area contributed by atoms with Crippen LogP contribution in [0.3, 0.4) is 0 Å². The predicted molar refractivity (Wildman–Crippen MR) is 112 cm³/mol. The van der Waals surface area contributed by atoms with Gasteiger partial charge in [-0.2, -0.15) is 0 Å². The van der Waals surface area contributed by atoms with E-state index in [9.17, 15) is 9.13 Å².